The summed E-state index contributed by atoms with van der Waals surface area (Å²) in [5.74, 6) is -2.84. The summed E-state index contributed by atoms with van der Waals surface area (Å²) >= 11 is 0. The molecule has 2 heterocycles. The molecule has 0 aliphatic carbocycles. The Bertz CT molecular complexity index is 1110. The van der Waals surface area contributed by atoms with Crippen molar-refractivity contribution >= 4 is 23.3 Å². The Morgan fingerprint density at radius 2 is 1.89 bits per heavy atom. The first kappa shape index (κ1) is 24.6. The molecule has 0 spiro atoms. The Hall–Kier alpha value is -3.57. The van der Waals surface area contributed by atoms with Crippen LogP contribution in [0.4, 0.5) is 14.5 Å². The number of halogens is 2. The summed E-state index contributed by atoms with van der Waals surface area (Å²) < 4.78 is 42.7. The van der Waals surface area contributed by atoms with Gasteiger partial charge in [0.05, 0.1) is 18.9 Å². The number of anilines is 1. The number of carbonyl (C=O) groups is 3. The maximum Gasteiger partial charge on any atom is 0.265 e. The van der Waals surface area contributed by atoms with Crippen LogP contribution in [0.1, 0.15) is 10.4 Å². The van der Waals surface area contributed by atoms with E-state index in [9.17, 15) is 23.2 Å². The zero-order chi connectivity index (χ0) is 24.8. The van der Waals surface area contributed by atoms with E-state index in [0.717, 1.165) is 25.2 Å². The van der Waals surface area contributed by atoms with E-state index >= 15 is 0 Å². The van der Waals surface area contributed by atoms with Gasteiger partial charge in [-0.25, -0.2) is 8.78 Å². The summed E-state index contributed by atoms with van der Waals surface area (Å²) in [6.45, 7) is 3.09. The van der Waals surface area contributed by atoms with Gasteiger partial charge in [-0.2, -0.15) is 0 Å². The summed E-state index contributed by atoms with van der Waals surface area (Å²) in [7, 11) is 0. The highest BCUT2D eigenvalue weighted by Crippen LogP contribution is 2.33. The van der Waals surface area contributed by atoms with Crippen LogP contribution in [0, 0.1) is 11.6 Å². The van der Waals surface area contributed by atoms with Crippen molar-refractivity contribution in [3.8, 4) is 11.5 Å². The Morgan fingerprint density at radius 3 is 2.66 bits per heavy atom. The summed E-state index contributed by atoms with van der Waals surface area (Å²) in [6.07, 6.45) is 0. The number of hydrogen-bond acceptors (Lipinski definition) is 7. The van der Waals surface area contributed by atoms with Gasteiger partial charge in [0.15, 0.2) is 30.6 Å². The molecule has 1 N–H and O–H groups in total. The molecular weight excluding hydrogens is 464 g/mol. The molecule has 0 saturated carbocycles. The summed E-state index contributed by atoms with van der Waals surface area (Å²) in [4.78, 5) is 41.1. The summed E-state index contributed by atoms with van der Waals surface area (Å²) in [6, 6.07) is 7.22. The lowest BCUT2D eigenvalue weighted by Crippen LogP contribution is -2.47. The van der Waals surface area contributed by atoms with Crippen LogP contribution in [0.2, 0.25) is 0 Å². The molecule has 2 amide bonds. The zero-order valence-electron chi connectivity index (χ0n) is 18.9. The van der Waals surface area contributed by atoms with Crippen LogP contribution >= 0.6 is 0 Å². The van der Waals surface area contributed by atoms with Crippen molar-refractivity contribution in [2.45, 2.75) is 0 Å². The first-order chi connectivity index (χ1) is 16.9. The van der Waals surface area contributed by atoms with Gasteiger partial charge in [0.2, 0.25) is 5.91 Å². The highest BCUT2D eigenvalue weighted by molar-refractivity contribution is 6.04. The Morgan fingerprint density at radius 1 is 1.09 bits per heavy atom. The van der Waals surface area contributed by atoms with Crippen LogP contribution in [0.15, 0.2) is 36.4 Å². The van der Waals surface area contributed by atoms with Gasteiger partial charge in [-0.15, -0.1) is 0 Å². The number of hydrogen-bond donors (Lipinski definition) is 1. The highest BCUT2D eigenvalue weighted by Gasteiger charge is 2.28. The van der Waals surface area contributed by atoms with Gasteiger partial charge in [-0.1, -0.05) is 0 Å². The minimum atomic E-state index is -0.923. The fourth-order valence-corrected chi connectivity index (χ4v) is 3.75. The monoisotopic (exact) mass is 489 g/mol. The Kier molecular flexibility index (Phi) is 7.88. The predicted molar refractivity (Wildman–Crippen MR) is 121 cm³/mol. The van der Waals surface area contributed by atoms with E-state index in [1.54, 1.807) is 0 Å². The van der Waals surface area contributed by atoms with E-state index in [1.807, 2.05) is 0 Å². The van der Waals surface area contributed by atoms with Crippen LogP contribution in [0.5, 0.6) is 11.5 Å². The lowest BCUT2D eigenvalue weighted by molar-refractivity contribution is -0.125. The topological polar surface area (TPSA) is 97.4 Å². The molecule has 11 heteroatoms. The molecule has 2 aliphatic rings. The van der Waals surface area contributed by atoms with Crippen molar-refractivity contribution in [1.82, 2.24) is 10.2 Å². The molecule has 0 unspecified atom stereocenters. The number of Topliss-reactive ketones (excluding diaryl/α,β-unsaturated/α-hetero) is 1. The van der Waals surface area contributed by atoms with Crippen LogP contribution in [-0.4, -0.2) is 81.6 Å². The molecule has 35 heavy (non-hydrogen) atoms. The smallest absolute Gasteiger partial charge is 0.265 e. The molecule has 9 nitrogen and oxygen atoms in total. The second-order valence-corrected chi connectivity index (χ2v) is 8.04. The number of ketones is 1. The van der Waals surface area contributed by atoms with Crippen LogP contribution in [0.3, 0.4) is 0 Å². The quantitative estimate of drug-likeness (QED) is 0.532. The van der Waals surface area contributed by atoms with E-state index in [0.29, 0.717) is 38.1 Å². The fraction of sp³-hybridized carbons (Fsp3) is 0.375. The minimum absolute atomic E-state index is 0.183. The van der Waals surface area contributed by atoms with E-state index in [-0.39, 0.29) is 36.1 Å². The first-order valence-corrected chi connectivity index (χ1v) is 11.2. The van der Waals surface area contributed by atoms with Gasteiger partial charge in [0.1, 0.15) is 18.1 Å². The van der Waals surface area contributed by atoms with E-state index < -0.39 is 29.9 Å². The Balaban J connectivity index is 1.38. The average Bonchev–Trinajstić information content (AvgIpc) is 2.85. The van der Waals surface area contributed by atoms with Crippen molar-refractivity contribution in [3.05, 3.63) is 53.6 Å². The van der Waals surface area contributed by atoms with Gasteiger partial charge in [-0.05, 0) is 30.3 Å². The molecule has 0 radical (unpaired) electrons. The molecule has 0 bridgehead atoms. The number of benzene rings is 2. The third-order valence-corrected chi connectivity index (χ3v) is 5.63. The minimum Gasteiger partial charge on any atom is -0.482 e. The number of nitrogens with zero attached hydrogens (tertiary/aromatic N) is 2. The second kappa shape index (κ2) is 11.2. The summed E-state index contributed by atoms with van der Waals surface area (Å²) in [5, 5.41) is 2.81. The fourth-order valence-electron chi connectivity index (χ4n) is 3.75. The molecule has 0 atom stereocenters. The molecular formula is C24H25F2N3O6. The van der Waals surface area contributed by atoms with Crippen molar-refractivity contribution in [3.63, 3.8) is 0 Å². The summed E-state index contributed by atoms with van der Waals surface area (Å²) in [5.41, 5.74) is 0.464. The lowest BCUT2D eigenvalue weighted by atomic mass is 10.1. The molecule has 2 aromatic carbocycles. The zero-order valence-corrected chi connectivity index (χ0v) is 18.9. The highest BCUT2D eigenvalue weighted by atomic mass is 19.1. The molecule has 2 aliphatic heterocycles. The number of carbonyl (C=O) groups excluding carboxylic acids is 3. The van der Waals surface area contributed by atoms with E-state index in [1.165, 1.54) is 23.1 Å². The van der Waals surface area contributed by atoms with Gasteiger partial charge < -0.3 is 19.5 Å². The van der Waals surface area contributed by atoms with Gasteiger partial charge >= 0.3 is 0 Å². The van der Waals surface area contributed by atoms with Crippen molar-refractivity contribution in [1.29, 1.82) is 0 Å². The average molecular weight is 489 g/mol. The second-order valence-electron chi connectivity index (χ2n) is 8.04. The number of rotatable bonds is 9. The maximum atomic E-state index is 13.8. The molecule has 0 aromatic heterocycles. The Labute approximate surface area is 200 Å². The van der Waals surface area contributed by atoms with E-state index in [2.05, 4.69) is 10.2 Å². The SMILES string of the molecule is O=C(CN1C(=O)COc2ccc(C(=O)COc3ccc(F)cc3F)cc21)NCCN1CCOCC1. The van der Waals surface area contributed by atoms with Crippen molar-refractivity contribution in [2.75, 3.05) is 64.1 Å². The van der Waals surface area contributed by atoms with Gasteiger partial charge in [-0.3, -0.25) is 24.2 Å². The molecule has 4 rings (SSSR count). The largest absolute Gasteiger partial charge is 0.482 e. The standard InChI is InChI=1S/C24H25F2N3O6/c25-17-2-4-21(18(26)12-17)34-14-20(30)16-1-3-22-19(11-16)29(24(32)15-35-22)13-23(31)27-5-6-28-7-9-33-10-8-28/h1-4,11-12H,5-10,13-15H2,(H,27,31). The molecule has 2 aromatic rings. The normalized spacial score (nSPS) is 15.8. The predicted octanol–water partition coefficient (Wildman–Crippen LogP) is 1.40. The third-order valence-electron chi connectivity index (χ3n) is 5.63. The number of fused-ring (bicyclic) bond motifs is 1. The number of amides is 2. The number of nitrogens with one attached hydrogen (secondary N) is 1. The molecule has 1 saturated heterocycles. The van der Waals surface area contributed by atoms with Crippen LogP contribution in [-0.2, 0) is 14.3 Å². The maximum absolute atomic E-state index is 13.8. The van der Waals surface area contributed by atoms with Crippen molar-refractivity contribution in [2.24, 2.45) is 0 Å². The number of ether oxygens (including phenoxy) is 3. The molecule has 186 valence electrons. The molecule has 1 fully saturated rings. The van der Waals surface area contributed by atoms with Gasteiger partial charge in [0, 0.05) is 37.8 Å². The first-order valence-electron chi connectivity index (χ1n) is 11.2. The lowest BCUT2D eigenvalue weighted by Gasteiger charge is -2.29. The number of morpholine rings is 1. The van der Waals surface area contributed by atoms with Gasteiger partial charge in [0.25, 0.3) is 5.91 Å². The third kappa shape index (κ3) is 6.31. The van der Waals surface area contributed by atoms with Crippen molar-refractivity contribution < 1.29 is 37.4 Å². The van der Waals surface area contributed by atoms with E-state index in [4.69, 9.17) is 14.2 Å². The van der Waals surface area contributed by atoms with Crippen LogP contribution < -0.4 is 19.7 Å². The van der Waals surface area contributed by atoms with Crippen LogP contribution in [0.25, 0.3) is 0 Å².